The molecule has 3 aromatic rings. The van der Waals surface area contributed by atoms with Crippen LogP contribution in [0.2, 0.25) is 0 Å². The number of aromatic nitrogens is 5. The zero-order valence-electron chi connectivity index (χ0n) is 12.1. The number of carbonyl (C=O) groups excluding carboxylic acids is 1. The Morgan fingerprint density at radius 3 is 2.86 bits per heavy atom. The van der Waals surface area contributed by atoms with Crippen LogP contribution in [0.1, 0.15) is 21.9 Å². The molecular weight excluding hydrogens is 284 g/mol. The number of nitrogens with zero attached hydrogens (tertiary/aromatic N) is 5. The van der Waals surface area contributed by atoms with Crippen molar-refractivity contribution in [1.82, 2.24) is 29.9 Å². The molecule has 22 heavy (non-hydrogen) atoms. The van der Waals surface area contributed by atoms with E-state index < -0.39 is 0 Å². The largest absolute Gasteiger partial charge is 0.481 e. The molecule has 0 aliphatic heterocycles. The number of rotatable bonds is 4. The Bertz CT molecular complexity index is 812. The molecule has 8 heteroatoms. The number of carbonyl (C=O) groups is 1. The quantitative estimate of drug-likeness (QED) is 0.764. The lowest BCUT2D eigenvalue weighted by atomic mass is 10.3. The van der Waals surface area contributed by atoms with Gasteiger partial charge in [0.1, 0.15) is 0 Å². The number of pyridine rings is 1. The minimum atomic E-state index is -0.360. The van der Waals surface area contributed by atoms with Crippen LogP contribution >= 0.6 is 0 Å². The molecule has 1 N–H and O–H groups in total. The summed E-state index contributed by atoms with van der Waals surface area (Å²) in [5, 5.41) is 6.89. The summed E-state index contributed by atoms with van der Waals surface area (Å²) in [6.07, 6.45) is 3.27. The van der Waals surface area contributed by atoms with Crippen LogP contribution in [0.5, 0.6) is 5.88 Å². The lowest BCUT2D eigenvalue weighted by Crippen LogP contribution is -2.24. The molecule has 3 heterocycles. The van der Waals surface area contributed by atoms with Crippen LogP contribution in [0.15, 0.2) is 30.6 Å². The molecule has 1 amide bonds. The van der Waals surface area contributed by atoms with Crippen LogP contribution in [0.4, 0.5) is 0 Å². The van der Waals surface area contributed by atoms with E-state index in [-0.39, 0.29) is 11.7 Å². The smallest absolute Gasteiger partial charge is 0.291 e. The second-order valence-electron chi connectivity index (χ2n) is 4.62. The van der Waals surface area contributed by atoms with Crippen molar-refractivity contribution in [3.63, 3.8) is 0 Å². The van der Waals surface area contributed by atoms with E-state index in [0.717, 1.165) is 11.3 Å². The van der Waals surface area contributed by atoms with Crippen LogP contribution in [-0.2, 0) is 6.54 Å². The molecule has 8 nitrogen and oxygen atoms in total. The third-order valence-electron chi connectivity index (χ3n) is 3.09. The molecule has 0 unspecified atom stereocenters. The second-order valence-corrected chi connectivity index (χ2v) is 4.62. The van der Waals surface area contributed by atoms with Gasteiger partial charge in [-0.25, -0.2) is 14.5 Å². The molecular formula is C14H14N6O2. The van der Waals surface area contributed by atoms with E-state index in [1.54, 1.807) is 31.6 Å². The van der Waals surface area contributed by atoms with E-state index in [0.29, 0.717) is 18.2 Å². The van der Waals surface area contributed by atoms with Gasteiger partial charge in [0.05, 0.1) is 7.11 Å². The van der Waals surface area contributed by atoms with Gasteiger partial charge in [0.15, 0.2) is 0 Å². The van der Waals surface area contributed by atoms with Gasteiger partial charge in [-0.3, -0.25) is 4.79 Å². The number of amides is 1. The Morgan fingerprint density at radius 1 is 1.32 bits per heavy atom. The summed E-state index contributed by atoms with van der Waals surface area (Å²) in [4.78, 5) is 24.3. The fraction of sp³-hybridized carbons (Fsp3) is 0.214. The van der Waals surface area contributed by atoms with Crippen LogP contribution in [0.3, 0.4) is 0 Å². The molecule has 0 aliphatic rings. The van der Waals surface area contributed by atoms with Crippen molar-refractivity contribution >= 4 is 11.7 Å². The van der Waals surface area contributed by atoms with Gasteiger partial charge in [0, 0.05) is 30.7 Å². The first-order valence-corrected chi connectivity index (χ1v) is 6.63. The van der Waals surface area contributed by atoms with Crippen molar-refractivity contribution in [2.45, 2.75) is 13.5 Å². The highest BCUT2D eigenvalue weighted by molar-refractivity contribution is 5.90. The molecule has 0 atom stereocenters. The van der Waals surface area contributed by atoms with E-state index in [9.17, 15) is 4.79 Å². The van der Waals surface area contributed by atoms with Gasteiger partial charge >= 0.3 is 0 Å². The van der Waals surface area contributed by atoms with Crippen molar-refractivity contribution in [2.24, 2.45) is 0 Å². The maximum absolute atomic E-state index is 12.1. The van der Waals surface area contributed by atoms with Crippen molar-refractivity contribution < 1.29 is 9.53 Å². The molecule has 0 radical (unpaired) electrons. The standard InChI is InChI=1S/C14H14N6O2/c1-9-5-6-15-14-18-12(19-20(9)14)13(21)17-8-10-3-4-11(22-2)16-7-10/h3-7H,8H2,1-2H3,(H,17,21). The zero-order valence-corrected chi connectivity index (χ0v) is 12.1. The van der Waals surface area contributed by atoms with Gasteiger partial charge in [-0.2, -0.15) is 4.98 Å². The fourth-order valence-corrected chi connectivity index (χ4v) is 1.90. The van der Waals surface area contributed by atoms with Crippen molar-refractivity contribution in [3.8, 4) is 5.88 Å². The SMILES string of the molecule is COc1ccc(CNC(=O)c2nc3nccc(C)n3n2)cn1. The summed E-state index contributed by atoms with van der Waals surface area (Å²) in [7, 11) is 1.55. The van der Waals surface area contributed by atoms with E-state index >= 15 is 0 Å². The minimum absolute atomic E-state index is 0.0864. The molecule has 3 aromatic heterocycles. The molecule has 0 bridgehead atoms. The maximum atomic E-state index is 12.1. The molecule has 0 saturated carbocycles. The molecule has 0 aliphatic carbocycles. The molecule has 0 fully saturated rings. The average Bonchev–Trinajstić information content (AvgIpc) is 2.99. The maximum Gasteiger partial charge on any atom is 0.291 e. The first-order valence-electron chi connectivity index (χ1n) is 6.63. The van der Waals surface area contributed by atoms with Crippen molar-refractivity contribution in [3.05, 3.63) is 47.7 Å². The van der Waals surface area contributed by atoms with Crippen molar-refractivity contribution in [2.75, 3.05) is 7.11 Å². The Kier molecular flexibility index (Phi) is 3.65. The molecule has 3 rings (SSSR count). The number of hydrogen-bond donors (Lipinski definition) is 1. The Morgan fingerprint density at radius 2 is 2.18 bits per heavy atom. The second kappa shape index (κ2) is 5.76. The number of fused-ring (bicyclic) bond motifs is 1. The fourth-order valence-electron chi connectivity index (χ4n) is 1.90. The van der Waals surface area contributed by atoms with Gasteiger partial charge in [0.25, 0.3) is 11.7 Å². The van der Waals surface area contributed by atoms with Crippen LogP contribution in [-0.4, -0.2) is 37.6 Å². The Hall–Kier alpha value is -3.03. The first-order chi connectivity index (χ1) is 10.7. The van der Waals surface area contributed by atoms with Gasteiger partial charge in [-0.05, 0) is 18.6 Å². The minimum Gasteiger partial charge on any atom is -0.481 e. The number of ether oxygens (including phenoxy) is 1. The third kappa shape index (κ3) is 2.71. The molecule has 0 aromatic carbocycles. The summed E-state index contributed by atoms with van der Waals surface area (Å²) in [6, 6.07) is 5.36. The number of methoxy groups -OCH3 is 1. The molecule has 112 valence electrons. The number of hydrogen-bond acceptors (Lipinski definition) is 6. The third-order valence-corrected chi connectivity index (χ3v) is 3.09. The van der Waals surface area contributed by atoms with Gasteiger partial charge < -0.3 is 10.1 Å². The van der Waals surface area contributed by atoms with E-state index in [1.807, 2.05) is 13.0 Å². The van der Waals surface area contributed by atoms with Gasteiger partial charge in [-0.1, -0.05) is 6.07 Å². The summed E-state index contributed by atoms with van der Waals surface area (Å²) in [5.74, 6) is 0.652. The highest BCUT2D eigenvalue weighted by Crippen LogP contribution is 2.07. The summed E-state index contributed by atoms with van der Waals surface area (Å²) in [6.45, 7) is 2.20. The normalized spacial score (nSPS) is 10.6. The lowest BCUT2D eigenvalue weighted by Gasteiger charge is -2.03. The lowest BCUT2D eigenvalue weighted by molar-refractivity contribution is 0.0940. The predicted octanol–water partition coefficient (Wildman–Crippen LogP) is 0.766. The highest BCUT2D eigenvalue weighted by atomic mass is 16.5. The average molecular weight is 298 g/mol. The van der Waals surface area contributed by atoms with Gasteiger partial charge in [0.2, 0.25) is 11.7 Å². The van der Waals surface area contributed by atoms with Crippen LogP contribution in [0.25, 0.3) is 5.78 Å². The molecule has 0 saturated heterocycles. The van der Waals surface area contributed by atoms with E-state index in [4.69, 9.17) is 4.74 Å². The summed E-state index contributed by atoms with van der Waals surface area (Å²) in [5.41, 5.74) is 1.71. The van der Waals surface area contributed by atoms with E-state index in [2.05, 4.69) is 25.4 Å². The predicted molar refractivity (Wildman–Crippen MR) is 77.5 cm³/mol. The summed E-state index contributed by atoms with van der Waals surface area (Å²) < 4.78 is 6.51. The van der Waals surface area contributed by atoms with Gasteiger partial charge in [-0.15, -0.1) is 5.10 Å². The van der Waals surface area contributed by atoms with Crippen molar-refractivity contribution in [1.29, 1.82) is 0 Å². The monoisotopic (exact) mass is 298 g/mol. The topological polar surface area (TPSA) is 94.3 Å². The van der Waals surface area contributed by atoms with Crippen LogP contribution in [0, 0.1) is 6.92 Å². The highest BCUT2D eigenvalue weighted by Gasteiger charge is 2.14. The Labute approximate surface area is 126 Å². The number of nitrogens with one attached hydrogen (secondary N) is 1. The number of aryl methyl sites for hydroxylation is 1. The van der Waals surface area contributed by atoms with E-state index in [1.165, 1.54) is 4.52 Å². The Balaban J connectivity index is 1.71. The van der Waals surface area contributed by atoms with Crippen LogP contribution < -0.4 is 10.1 Å². The first kappa shape index (κ1) is 13.9. The molecule has 0 spiro atoms. The summed E-state index contributed by atoms with van der Waals surface area (Å²) >= 11 is 0. The zero-order chi connectivity index (χ0) is 15.5.